The number of aromatic nitrogens is 5. The smallest absolute Gasteiger partial charge is 0.307 e. The van der Waals surface area contributed by atoms with E-state index in [0.29, 0.717) is 10.3 Å². The number of H-pyrrole nitrogens is 1. The summed E-state index contributed by atoms with van der Waals surface area (Å²) in [5, 5.41) is 3.84. The van der Waals surface area contributed by atoms with Gasteiger partial charge in [-0.1, -0.05) is 0 Å². The Morgan fingerprint density at radius 3 is 2.84 bits per heavy atom. The third kappa shape index (κ3) is 3.26. The van der Waals surface area contributed by atoms with Gasteiger partial charge in [0.25, 0.3) is 11.5 Å². The zero-order chi connectivity index (χ0) is 18.0. The van der Waals surface area contributed by atoms with Crippen molar-refractivity contribution in [2.24, 2.45) is 12.1 Å². The highest BCUT2D eigenvalue weighted by molar-refractivity contribution is 9.10. The summed E-state index contributed by atoms with van der Waals surface area (Å²) in [4.78, 5) is 45.7. The monoisotopic (exact) mass is 405 g/mol. The van der Waals surface area contributed by atoms with Gasteiger partial charge in [0.2, 0.25) is 0 Å². The van der Waals surface area contributed by atoms with Crippen LogP contribution < -0.4 is 16.7 Å². The Bertz CT molecular complexity index is 1080. The van der Waals surface area contributed by atoms with Gasteiger partial charge in [0, 0.05) is 31.2 Å². The van der Waals surface area contributed by atoms with Crippen molar-refractivity contribution in [1.29, 1.82) is 0 Å². The molecule has 0 aliphatic carbocycles. The van der Waals surface area contributed by atoms with Crippen LogP contribution in [0.25, 0.3) is 11.2 Å². The van der Waals surface area contributed by atoms with E-state index in [1.165, 1.54) is 34.8 Å². The van der Waals surface area contributed by atoms with E-state index < -0.39 is 11.2 Å². The molecule has 3 aromatic heterocycles. The van der Waals surface area contributed by atoms with E-state index in [2.05, 4.69) is 41.4 Å². The molecule has 3 rings (SSSR count). The Morgan fingerprint density at radius 1 is 1.40 bits per heavy atom. The minimum atomic E-state index is -0.550. The van der Waals surface area contributed by atoms with Gasteiger partial charge in [-0.2, -0.15) is 5.10 Å². The second kappa shape index (κ2) is 6.81. The third-order valence-electron chi connectivity index (χ3n) is 3.42. The predicted molar refractivity (Wildman–Crippen MR) is 93.5 cm³/mol. The van der Waals surface area contributed by atoms with E-state index in [4.69, 9.17) is 0 Å². The summed E-state index contributed by atoms with van der Waals surface area (Å²) in [6.07, 6.45) is 4.42. The summed E-state index contributed by atoms with van der Waals surface area (Å²) >= 11 is 3.25. The molecule has 10 nitrogen and oxygen atoms in total. The van der Waals surface area contributed by atoms with Crippen LogP contribution in [0.3, 0.4) is 0 Å². The zero-order valence-electron chi connectivity index (χ0n) is 12.9. The first-order valence-electron chi connectivity index (χ1n) is 7.06. The maximum Gasteiger partial charge on any atom is 0.329 e. The molecule has 0 aliphatic rings. The maximum absolute atomic E-state index is 12.0. The van der Waals surface area contributed by atoms with Crippen molar-refractivity contribution in [2.75, 3.05) is 0 Å². The van der Waals surface area contributed by atoms with Crippen molar-refractivity contribution in [2.45, 2.75) is 6.54 Å². The van der Waals surface area contributed by atoms with E-state index >= 15 is 0 Å². The number of nitrogens with zero attached hydrogens (tertiary/aromatic N) is 5. The van der Waals surface area contributed by atoms with Crippen LogP contribution in [0.5, 0.6) is 0 Å². The number of rotatable bonds is 4. The number of hydrogen-bond acceptors (Lipinski definition) is 6. The standard InChI is InChI=1S/C14H12BrN7O3/c1-21-10-9(12(24)19-14(21)25)22(13(15)18-10)7-6-17-20-11(23)8-2-4-16-5-3-8/h2-6H,7H2,1H3,(H,20,23)(H,19,24,25). The molecule has 0 aromatic carbocycles. The van der Waals surface area contributed by atoms with Gasteiger partial charge < -0.3 is 4.57 Å². The number of pyridine rings is 1. The number of nitrogens with one attached hydrogen (secondary N) is 2. The van der Waals surface area contributed by atoms with Gasteiger partial charge >= 0.3 is 5.69 Å². The molecule has 2 N–H and O–H groups in total. The average molecular weight is 406 g/mol. The number of hydrazone groups is 1. The first-order chi connectivity index (χ1) is 12.0. The Labute approximate surface area is 148 Å². The molecule has 0 radical (unpaired) electrons. The Morgan fingerprint density at radius 2 is 2.12 bits per heavy atom. The van der Waals surface area contributed by atoms with E-state index in [-0.39, 0.29) is 23.6 Å². The highest BCUT2D eigenvalue weighted by Crippen LogP contribution is 2.15. The third-order valence-corrected chi connectivity index (χ3v) is 4.03. The molecule has 0 saturated heterocycles. The van der Waals surface area contributed by atoms with Crippen LogP contribution in [0, 0.1) is 0 Å². The molecule has 0 aliphatic heterocycles. The lowest BCUT2D eigenvalue weighted by Gasteiger charge is -2.02. The van der Waals surface area contributed by atoms with Gasteiger partial charge in [0.05, 0.1) is 6.54 Å². The number of aryl methyl sites for hydroxylation is 1. The van der Waals surface area contributed by atoms with Gasteiger partial charge in [0.15, 0.2) is 15.9 Å². The van der Waals surface area contributed by atoms with Crippen LogP contribution in [0.1, 0.15) is 10.4 Å². The topological polar surface area (TPSA) is 127 Å². The Balaban J connectivity index is 1.81. The van der Waals surface area contributed by atoms with Gasteiger partial charge in [0.1, 0.15) is 0 Å². The first kappa shape index (κ1) is 16.8. The lowest BCUT2D eigenvalue weighted by molar-refractivity contribution is 0.0955. The molecular weight excluding hydrogens is 394 g/mol. The molecule has 0 bridgehead atoms. The van der Waals surface area contributed by atoms with E-state index in [1.54, 1.807) is 12.1 Å². The van der Waals surface area contributed by atoms with Crippen LogP contribution in [0.15, 0.2) is 44.0 Å². The number of aromatic amines is 1. The molecule has 3 heterocycles. The second-order valence-corrected chi connectivity index (χ2v) is 5.68. The van der Waals surface area contributed by atoms with Crippen molar-refractivity contribution in [1.82, 2.24) is 29.5 Å². The molecule has 0 spiro atoms. The number of imidazole rings is 1. The fraction of sp³-hybridized carbons (Fsp3) is 0.143. The van der Waals surface area contributed by atoms with Crippen molar-refractivity contribution in [3.63, 3.8) is 0 Å². The Kier molecular flexibility index (Phi) is 4.57. The van der Waals surface area contributed by atoms with Gasteiger partial charge in [-0.3, -0.25) is 24.1 Å². The zero-order valence-corrected chi connectivity index (χ0v) is 14.5. The van der Waals surface area contributed by atoms with Crippen LogP contribution in [0.2, 0.25) is 0 Å². The minimum absolute atomic E-state index is 0.162. The number of amides is 1. The van der Waals surface area contributed by atoms with Gasteiger partial charge in [-0.15, -0.1) is 0 Å². The molecule has 1 amide bonds. The van der Waals surface area contributed by atoms with E-state index in [9.17, 15) is 14.4 Å². The Hall–Kier alpha value is -3.08. The number of hydrogen-bond donors (Lipinski definition) is 2. The van der Waals surface area contributed by atoms with Crippen molar-refractivity contribution in [3.8, 4) is 0 Å². The number of halogens is 1. The highest BCUT2D eigenvalue weighted by atomic mass is 79.9. The first-order valence-corrected chi connectivity index (χ1v) is 7.85. The van der Waals surface area contributed by atoms with E-state index in [0.717, 1.165) is 0 Å². The molecule has 25 heavy (non-hydrogen) atoms. The number of carbonyl (C=O) groups is 1. The molecule has 0 fully saturated rings. The molecule has 0 saturated carbocycles. The highest BCUT2D eigenvalue weighted by Gasteiger charge is 2.14. The quantitative estimate of drug-likeness (QED) is 0.358. The molecule has 3 aromatic rings. The molecule has 0 unspecified atom stereocenters. The number of carbonyl (C=O) groups excluding carboxylic acids is 1. The SMILES string of the molecule is Cn1c(=O)[nH]c(=O)c2c1nc(Br)n2CC=NNC(=O)c1ccncc1. The van der Waals surface area contributed by atoms with Crippen LogP contribution in [-0.4, -0.2) is 36.2 Å². The summed E-state index contributed by atoms with van der Waals surface area (Å²) in [5.41, 5.74) is 2.17. The van der Waals surface area contributed by atoms with Crippen LogP contribution in [-0.2, 0) is 13.6 Å². The molecule has 128 valence electrons. The lowest BCUT2D eigenvalue weighted by Crippen LogP contribution is -2.29. The average Bonchev–Trinajstić information content (AvgIpc) is 2.94. The van der Waals surface area contributed by atoms with Crippen molar-refractivity contribution in [3.05, 3.63) is 55.7 Å². The van der Waals surface area contributed by atoms with Gasteiger partial charge in [-0.05, 0) is 28.1 Å². The second-order valence-electron chi connectivity index (χ2n) is 4.97. The normalized spacial score (nSPS) is 11.3. The van der Waals surface area contributed by atoms with Gasteiger partial charge in [-0.25, -0.2) is 15.2 Å². The fourth-order valence-electron chi connectivity index (χ4n) is 2.17. The number of fused-ring (bicyclic) bond motifs is 1. The van der Waals surface area contributed by atoms with E-state index in [1.807, 2.05) is 0 Å². The summed E-state index contributed by atoms with van der Waals surface area (Å²) < 4.78 is 3.12. The lowest BCUT2D eigenvalue weighted by atomic mass is 10.3. The summed E-state index contributed by atoms with van der Waals surface area (Å²) in [7, 11) is 1.51. The fourth-order valence-corrected chi connectivity index (χ4v) is 2.66. The van der Waals surface area contributed by atoms with Crippen molar-refractivity contribution < 1.29 is 4.79 Å². The van der Waals surface area contributed by atoms with Crippen LogP contribution >= 0.6 is 15.9 Å². The summed E-state index contributed by atoms with van der Waals surface area (Å²) in [5.74, 6) is -0.381. The summed E-state index contributed by atoms with van der Waals surface area (Å²) in [6.45, 7) is 0.162. The predicted octanol–water partition coefficient (Wildman–Crippen LogP) is -0.00340. The minimum Gasteiger partial charge on any atom is -0.307 e. The summed E-state index contributed by atoms with van der Waals surface area (Å²) in [6, 6.07) is 3.12. The largest absolute Gasteiger partial charge is 0.329 e. The van der Waals surface area contributed by atoms with Crippen LogP contribution in [0.4, 0.5) is 0 Å². The maximum atomic E-state index is 12.0. The molecule has 0 atom stereocenters. The molecule has 11 heteroatoms. The molecular formula is C14H12BrN7O3. The van der Waals surface area contributed by atoms with Crippen molar-refractivity contribution >= 4 is 39.2 Å².